The number of aliphatic imine (C=N–C) groups is 3. The molecule has 4 aromatic carbocycles. The monoisotopic (exact) mass is 1010 g/mol. The summed E-state index contributed by atoms with van der Waals surface area (Å²) >= 11 is 0. The van der Waals surface area contributed by atoms with Gasteiger partial charge in [0.1, 0.15) is 0 Å². The average molecular weight is 1010 g/mol. The standard InChI is InChI=1S/C64H66N8O4/c1-61(2,3)69-57(73)41-25-17-13-21-37(41)53-45-29-31-47(65-45)54(38-22-14-18-26-42(38)58(74)70-62(4,5)6)49-33-35-51(67-49)56(40-24-16-20-28-44(40)60(76)72-64(10,11)12)52-36-34-50(68-52)55(48-32-30-46(53)66-48)39-23-15-19-27-43(39)59(75)71-63(7,8)9/h13-35,65H,36H2,1-12H3,(H,69,73)(H,70,74)(H,71,75)(H,72,76). The Hall–Kier alpha value is -8.51. The van der Waals surface area contributed by atoms with Crippen molar-refractivity contribution in [2.45, 2.75) is 112 Å². The van der Waals surface area contributed by atoms with Gasteiger partial charge in [0.25, 0.3) is 23.6 Å². The van der Waals surface area contributed by atoms with Crippen LogP contribution in [0.5, 0.6) is 0 Å². The molecule has 0 saturated heterocycles. The number of hydrogen-bond donors (Lipinski definition) is 5. The van der Waals surface area contributed by atoms with Gasteiger partial charge in [0.15, 0.2) is 0 Å². The van der Waals surface area contributed by atoms with Crippen molar-refractivity contribution in [3.63, 3.8) is 0 Å². The van der Waals surface area contributed by atoms with Crippen LogP contribution in [0.1, 0.15) is 153 Å². The van der Waals surface area contributed by atoms with Gasteiger partial charge in [0.05, 0.1) is 34.2 Å². The van der Waals surface area contributed by atoms with Crippen molar-refractivity contribution in [2.24, 2.45) is 15.0 Å². The minimum Gasteiger partial charge on any atom is -0.354 e. The van der Waals surface area contributed by atoms with Crippen molar-refractivity contribution >= 4 is 63.1 Å². The number of nitrogens with one attached hydrogen (secondary N) is 5. The van der Waals surface area contributed by atoms with Gasteiger partial charge in [-0.1, -0.05) is 78.9 Å². The Labute approximate surface area is 445 Å². The fourth-order valence-electron chi connectivity index (χ4n) is 9.63. The Bertz CT molecular complexity index is 3670. The van der Waals surface area contributed by atoms with Crippen LogP contribution < -0.4 is 32.0 Å². The highest BCUT2D eigenvalue weighted by atomic mass is 16.2. The summed E-state index contributed by atoms with van der Waals surface area (Å²) in [6.07, 6.45) is 10.1. The van der Waals surface area contributed by atoms with E-state index in [1.165, 1.54) is 0 Å². The number of carbonyl (C=O) groups excluding carboxylic acids is 4. The molecule has 5 heterocycles. The molecule has 0 aliphatic carbocycles. The maximum absolute atomic E-state index is 14.4. The first-order valence-electron chi connectivity index (χ1n) is 25.8. The number of nitrogens with zero attached hydrogens (tertiary/aromatic N) is 3. The molecular weight excluding hydrogens is 945 g/mol. The highest BCUT2D eigenvalue weighted by Crippen LogP contribution is 2.40. The van der Waals surface area contributed by atoms with E-state index in [1.54, 1.807) is 0 Å². The number of allylic oxidation sites excluding steroid dienone is 7. The van der Waals surface area contributed by atoms with Gasteiger partial charge < -0.3 is 26.3 Å². The molecule has 0 saturated carbocycles. The third-order valence-electron chi connectivity index (χ3n) is 12.5. The number of aromatic amines is 1. The molecule has 5 N–H and O–H groups in total. The molecule has 4 amide bonds. The molecule has 0 atom stereocenters. The lowest BCUT2D eigenvalue weighted by molar-refractivity contribution is 0.0910. The summed E-state index contributed by atoms with van der Waals surface area (Å²) < 4.78 is 0. The smallest absolute Gasteiger partial charge is 0.252 e. The van der Waals surface area contributed by atoms with E-state index in [0.29, 0.717) is 118 Å². The minimum absolute atomic E-state index is 0.254. The zero-order chi connectivity index (χ0) is 54.5. The van der Waals surface area contributed by atoms with E-state index in [4.69, 9.17) is 15.0 Å². The molecule has 12 nitrogen and oxygen atoms in total. The Kier molecular flexibility index (Phi) is 13.8. The molecule has 9 rings (SSSR count). The van der Waals surface area contributed by atoms with Gasteiger partial charge in [-0.05, 0) is 166 Å². The quantitative estimate of drug-likeness (QED) is 0.104. The Morgan fingerprint density at radius 3 is 1.07 bits per heavy atom. The summed E-state index contributed by atoms with van der Waals surface area (Å²) in [5, 5.41) is 14.0. The fourth-order valence-corrected chi connectivity index (χ4v) is 9.63. The number of fused-ring (bicyclic) bond motifs is 5. The molecule has 8 bridgehead atoms. The van der Waals surface area contributed by atoms with Gasteiger partial charge in [-0.25, -0.2) is 9.98 Å². The Balaban J connectivity index is 1.43. The first-order valence-corrected chi connectivity index (χ1v) is 25.8. The van der Waals surface area contributed by atoms with Crippen LogP contribution in [0.3, 0.4) is 0 Å². The van der Waals surface area contributed by atoms with Crippen molar-refractivity contribution in [3.8, 4) is 0 Å². The second kappa shape index (κ2) is 20.0. The van der Waals surface area contributed by atoms with Crippen LogP contribution in [0.2, 0.25) is 0 Å². The van der Waals surface area contributed by atoms with Crippen molar-refractivity contribution in [3.05, 3.63) is 212 Å². The van der Waals surface area contributed by atoms with E-state index in [1.807, 2.05) is 223 Å². The van der Waals surface area contributed by atoms with Gasteiger partial charge in [0, 0.05) is 83.8 Å². The van der Waals surface area contributed by atoms with Crippen LogP contribution in [0.25, 0.3) is 22.3 Å². The molecule has 386 valence electrons. The average Bonchev–Trinajstić information content (AvgIpc) is 4.22. The highest BCUT2D eigenvalue weighted by Gasteiger charge is 2.32. The van der Waals surface area contributed by atoms with E-state index < -0.39 is 22.2 Å². The summed E-state index contributed by atoms with van der Waals surface area (Å²) in [5.74, 6) is -1.02. The van der Waals surface area contributed by atoms with Crippen LogP contribution in [0.15, 0.2) is 172 Å². The van der Waals surface area contributed by atoms with Crippen LogP contribution in [0.4, 0.5) is 0 Å². The Morgan fingerprint density at radius 2 is 0.711 bits per heavy atom. The van der Waals surface area contributed by atoms with Gasteiger partial charge in [-0.2, -0.15) is 0 Å². The first-order chi connectivity index (χ1) is 35.8. The summed E-state index contributed by atoms with van der Waals surface area (Å²) in [6, 6.07) is 33.9. The first kappa shape index (κ1) is 52.4. The number of rotatable bonds is 8. The molecular formula is C64H66N8O4. The zero-order valence-electron chi connectivity index (χ0n) is 45.5. The lowest BCUT2D eigenvalue weighted by atomic mass is 9.92. The van der Waals surface area contributed by atoms with Gasteiger partial charge in [-0.15, -0.1) is 0 Å². The minimum atomic E-state index is -0.537. The van der Waals surface area contributed by atoms with Crippen molar-refractivity contribution in [1.29, 1.82) is 0 Å². The number of amides is 4. The third kappa shape index (κ3) is 11.3. The van der Waals surface area contributed by atoms with Gasteiger partial charge in [0.2, 0.25) is 0 Å². The predicted molar refractivity (Wildman–Crippen MR) is 307 cm³/mol. The molecule has 1 aromatic heterocycles. The molecule has 0 unspecified atom stereocenters. The number of aromatic nitrogens is 1. The van der Waals surface area contributed by atoms with E-state index >= 15 is 0 Å². The third-order valence-corrected chi connectivity index (χ3v) is 12.5. The van der Waals surface area contributed by atoms with Crippen molar-refractivity contribution < 1.29 is 19.2 Å². The van der Waals surface area contributed by atoms with Gasteiger partial charge in [-0.3, -0.25) is 24.2 Å². The number of H-pyrrole nitrogens is 1. The van der Waals surface area contributed by atoms with Gasteiger partial charge >= 0.3 is 0 Å². The van der Waals surface area contributed by atoms with Crippen LogP contribution in [-0.4, -0.2) is 67.9 Å². The lowest BCUT2D eigenvalue weighted by Gasteiger charge is -2.22. The largest absolute Gasteiger partial charge is 0.354 e. The predicted octanol–water partition coefficient (Wildman–Crippen LogP) is 10.1. The maximum atomic E-state index is 14.4. The molecule has 4 aliphatic heterocycles. The summed E-state index contributed by atoms with van der Waals surface area (Å²) in [6.45, 7) is 23.3. The topological polar surface area (TPSA) is 169 Å². The second-order valence-corrected chi connectivity index (χ2v) is 23.6. The molecule has 12 heteroatoms. The normalized spacial score (nSPS) is 15.6. The maximum Gasteiger partial charge on any atom is 0.252 e. The molecule has 0 spiro atoms. The summed E-state index contributed by atoms with van der Waals surface area (Å²) in [5.41, 5.74) is 8.10. The zero-order valence-corrected chi connectivity index (χ0v) is 45.5. The molecule has 0 fully saturated rings. The number of benzene rings is 4. The number of hydrogen-bond acceptors (Lipinski definition) is 7. The number of carbonyl (C=O) groups is 4. The lowest BCUT2D eigenvalue weighted by Crippen LogP contribution is -2.41. The van der Waals surface area contributed by atoms with E-state index in [0.717, 1.165) is 0 Å². The van der Waals surface area contributed by atoms with Crippen molar-refractivity contribution in [1.82, 2.24) is 26.3 Å². The summed E-state index contributed by atoms with van der Waals surface area (Å²) in [4.78, 5) is 77.6. The second-order valence-electron chi connectivity index (χ2n) is 23.6. The van der Waals surface area contributed by atoms with Crippen molar-refractivity contribution in [2.75, 3.05) is 0 Å². The van der Waals surface area contributed by atoms with E-state index in [-0.39, 0.29) is 23.6 Å². The van der Waals surface area contributed by atoms with E-state index in [9.17, 15) is 19.2 Å². The molecule has 76 heavy (non-hydrogen) atoms. The molecule has 4 aliphatic rings. The van der Waals surface area contributed by atoms with Crippen LogP contribution in [-0.2, 0) is 0 Å². The summed E-state index contributed by atoms with van der Waals surface area (Å²) in [7, 11) is 0. The molecule has 0 radical (unpaired) electrons. The van der Waals surface area contributed by atoms with Crippen LogP contribution in [0, 0.1) is 0 Å². The van der Waals surface area contributed by atoms with E-state index in [2.05, 4.69) is 26.3 Å². The SMILES string of the molecule is CC(C)(C)NC(=O)c1ccccc1C1=C2C=CC(=N2)C(c2ccccc2C(=O)NC(C)(C)C)=c2ccc([nH]2)=C(c2ccccc2C(=O)NC(C)(C)C)C2=NC(=C(c3ccccc3C(=O)NC(C)(C)C)C3=NC1=CC3)C=C2. The van der Waals surface area contributed by atoms with Crippen LogP contribution >= 0.6 is 0 Å². The fraction of sp³-hybridized carbons (Fsp3) is 0.266. The molecule has 5 aromatic rings. The highest BCUT2D eigenvalue weighted by molar-refractivity contribution is 6.35. The Morgan fingerprint density at radius 1 is 0.395 bits per heavy atom.